The Hall–Kier alpha value is -2.13. The summed E-state index contributed by atoms with van der Waals surface area (Å²) in [4.78, 5) is 17.1. The number of hydrogen-bond donors (Lipinski definition) is 1. The van der Waals surface area contributed by atoms with Gasteiger partial charge >= 0.3 is 6.18 Å². The van der Waals surface area contributed by atoms with E-state index in [2.05, 4.69) is 10.1 Å². The van der Waals surface area contributed by atoms with E-state index < -0.39 is 23.2 Å². The van der Waals surface area contributed by atoms with E-state index in [0.29, 0.717) is 12.6 Å². The predicted molar refractivity (Wildman–Crippen MR) is 75.9 cm³/mol. The van der Waals surface area contributed by atoms with Crippen LogP contribution in [0.25, 0.3) is 11.4 Å². The maximum absolute atomic E-state index is 12.8. The highest BCUT2D eigenvalue weighted by Gasteiger charge is 2.48. The van der Waals surface area contributed by atoms with Gasteiger partial charge in [0.1, 0.15) is 10.8 Å². The van der Waals surface area contributed by atoms with Gasteiger partial charge in [0, 0.05) is 26.1 Å². The lowest BCUT2D eigenvalue weighted by molar-refractivity contribution is -0.144. The van der Waals surface area contributed by atoms with Gasteiger partial charge in [0.25, 0.3) is 5.91 Å². The van der Waals surface area contributed by atoms with Crippen LogP contribution in [-0.4, -0.2) is 39.6 Å². The molecule has 1 aliphatic rings. The second kappa shape index (κ2) is 5.45. The Morgan fingerprint density at radius 1 is 1.33 bits per heavy atom. The third kappa shape index (κ3) is 2.73. The number of halogens is 4. The Labute approximate surface area is 138 Å². The molecule has 0 spiro atoms. The first-order valence-corrected chi connectivity index (χ1v) is 7.19. The van der Waals surface area contributed by atoms with Crippen molar-refractivity contribution >= 4 is 17.5 Å². The molecule has 6 nitrogen and oxygen atoms in total. The van der Waals surface area contributed by atoms with Gasteiger partial charge in [0.15, 0.2) is 5.76 Å². The average molecular weight is 362 g/mol. The van der Waals surface area contributed by atoms with E-state index in [1.165, 1.54) is 18.0 Å². The molecule has 0 bridgehead atoms. The third-order valence-corrected chi connectivity index (χ3v) is 4.00. The monoisotopic (exact) mass is 361 g/mol. The van der Waals surface area contributed by atoms with Gasteiger partial charge in [0.05, 0.1) is 11.3 Å². The molecular weight excluding hydrogens is 351 g/mol. The van der Waals surface area contributed by atoms with Crippen LogP contribution in [0, 0.1) is 0 Å². The van der Waals surface area contributed by atoms with Crippen molar-refractivity contribution in [2.24, 2.45) is 0 Å². The summed E-state index contributed by atoms with van der Waals surface area (Å²) < 4.78 is 43.5. The lowest BCUT2D eigenvalue weighted by atomic mass is 9.98. The molecule has 3 heterocycles. The summed E-state index contributed by atoms with van der Waals surface area (Å²) in [7, 11) is 1.52. The number of aromatic nitrogens is 2. The number of pyridine rings is 1. The number of likely N-dealkylation sites (tertiary alicyclic amines) is 1. The van der Waals surface area contributed by atoms with Gasteiger partial charge in [-0.1, -0.05) is 16.8 Å². The number of carbonyl (C=O) groups is 1. The number of amides is 1. The molecule has 1 fully saturated rings. The molecular formula is C14H11ClF3N3O3. The molecule has 1 amide bonds. The smallest absolute Gasteiger partial charge is 0.373 e. The minimum atomic E-state index is -4.60. The molecule has 3 rings (SSSR count). The van der Waals surface area contributed by atoms with Gasteiger partial charge in [-0.25, -0.2) is 4.98 Å². The zero-order valence-electron chi connectivity index (χ0n) is 12.3. The van der Waals surface area contributed by atoms with Crippen LogP contribution in [0.5, 0.6) is 0 Å². The Balaban J connectivity index is 2.00. The fourth-order valence-corrected chi connectivity index (χ4v) is 2.67. The second-order valence-corrected chi connectivity index (χ2v) is 5.86. The topological polar surface area (TPSA) is 79.5 Å². The third-order valence-electron chi connectivity index (χ3n) is 3.81. The summed E-state index contributed by atoms with van der Waals surface area (Å²) in [5.41, 5.74) is -3.11. The molecule has 1 saturated heterocycles. The molecule has 0 saturated carbocycles. The normalized spacial score (nSPS) is 21.6. The summed E-state index contributed by atoms with van der Waals surface area (Å²) in [5, 5.41) is 13.7. The highest BCUT2D eigenvalue weighted by Crippen LogP contribution is 2.36. The first-order valence-electron chi connectivity index (χ1n) is 6.81. The van der Waals surface area contributed by atoms with Crippen molar-refractivity contribution in [3.8, 4) is 11.4 Å². The molecule has 0 aromatic carbocycles. The Bertz CT molecular complexity index is 808. The summed E-state index contributed by atoms with van der Waals surface area (Å²) in [6, 6.07) is 2.64. The van der Waals surface area contributed by atoms with E-state index in [-0.39, 0.29) is 28.7 Å². The number of aliphatic hydroxyl groups is 1. The minimum Gasteiger partial charge on any atom is -0.373 e. The van der Waals surface area contributed by atoms with E-state index in [1.54, 1.807) is 0 Å². The van der Waals surface area contributed by atoms with Crippen LogP contribution in [0.1, 0.15) is 17.7 Å². The van der Waals surface area contributed by atoms with Crippen LogP contribution in [0.4, 0.5) is 13.2 Å². The molecule has 10 heteroatoms. The maximum atomic E-state index is 12.8. The molecule has 2 aromatic rings. The second-order valence-electron chi connectivity index (χ2n) is 5.47. The zero-order valence-corrected chi connectivity index (χ0v) is 13.0. The molecule has 0 aliphatic carbocycles. The number of nitrogens with zero attached hydrogens (tertiary/aromatic N) is 3. The fraction of sp³-hybridized carbons (Fsp3) is 0.357. The van der Waals surface area contributed by atoms with Crippen LogP contribution in [-0.2, 0) is 16.6 Å². The van der Waals surface area contributed by atoms with Crippen LogP contribution >= 0.6 is 11.6 Å². The standard InChI is InChI=1S/C14H11ClF3N3O3/c1-21-3-2-13(23,12(21)22)10-6-9(20-24-10)8-4-7(14(16,17)18)5-11(15)19-8/h4-6,23H,2-3H2,1H3/t13-/m1/s1. The van der Waals surface area contributed by atoms with Crippen LogP contribution in [0.15, 0.2) is 22.7 Å². The molecule has 128 valence electrons. The SMILES string of the molecule is CN1CC[C@@](O)(c2cc(-c3cc(C(F)(F)F)cc(Cl)n3)no2)C1=O. The quantitative estimate of drug-likeness (QED) is 0.831. The largest absolute Gasteiger partial charge is 0.416 e. The van der Waals surface area contributed by atoms with Gasteiger partial charge in [-0.2, -0.15) is 13.2 Å². The Morgan fingerprint density at radius 2 is 2.04 bits per heavy atom. The van der Waals surface area contributed by atoms with E-state index in [4.69, 9.17) is 16.1 Å². The van der Waals surface area contributed by atoms with Gasteiger partial charge in [0.2, 0.25) is 5.60 Å². The van der Waals surface area contributed by atoms with Gasteiger partial charge < -0.3 is 14.5 Å². The van der Waals surface area contributed by atoms with Gasteiger partial charge in [-0.3, -0.25) is 4.79 Å². The van der Waals surface area contributed by atoms with E-state index >= 15 is 0 Å². The summed E-state index contributed by atoms with van der Waals surface area (Å²) >= 11 is 5.63. The minimum absolute atomic E-state index is 0.0613. The molecule has 24 heavy (non-hydrogen) atoms. The first-order chi connectivity index (χ1) is 11.1. The van der Waals surface area contributed by atoms with Crippen molar-refractivity contribution in [1.82, 2.24) is 15.0 Å². The van der Waals surface area contributed by atoms with Gasteiger partial charge in [-0.15, -0.1) is 0 Å². The zero-order chi connectivity index (χ0) is 17.7. The number of likely N-dealkylation sites (N-methyl/N-ethyl adjacent to an activating group) is 1. The summed E-state index contributed by atoms with van der Waals surface area (Å²) in [6.45, 7) is 0.318. The number of rotatable bonds is 2. The Morgan fingerprint density at radius 3 is 2.62 bits per heavy atom. The van der Waals surface area contributed by atoms with Crippen molar-refractivity contribution < 1.29 is 27.6 Å². The highest BCUT2D eigenvalue weighted by molar-refractivity contribution is 6.29. The average Bonchev–Trinajstić information content (AvgIpc) is 3.08. The lowest BCUT2D eigenvalue weighted by Gasteiger charge is -2.16. The van der Waals surface area contributed by atoms with Gasteiger partial charge in [-0.05, 0) is 12.1 Å². The van der Waals surface area contributed by atoms with Crippen molar-refractivity contribution in [2.45, 2.75) is 18.2 Å². The predicted octanol–water partition coefficient (Wildman–Crippen LogP) is 2.46. The van der Waals surface area contributed by atoms with Crippen LogP contribution in [0.3, 0.4) is 0 Å². The number of alkyl halides is 3. The highest BCUT2D eigenvalue weighted by atomic mass is 35.5. The van der Waals surface area contributed by atoms with E-state index in [0.717, 1.165) is 6.07 Å². The number of hydrogen-bond acceptors (Lipinski definition) is 5. The summed E-state index contributed by atoms with van der Waals surface area (Å²) in [6.07, 6.45) is -4.51. The fourth-order valence-electron chi connectivity index (χ4n) is 2.46. The number of carbonyl (C=O) groups excluding carboxylic acids is 1. The molecule has 1 aliphatic heterocycles. The first kappa shape index (κ1) is 16.7. The molecule has 1 atom stereocenters. The van der Waals surface area contributed by atoms with Crippen LogP contribution in [0.2, 0.25) is 5.15 Å². The summed E-state index contributed by atoms with van der Waals surface area (Å²) in [5.74, 6) is -0.720. The van der Waals surface area contributed by atoms with Crippen molar-refractivity contribution in [1.29, 1.82) is 0 Å². The van der Waals surface area contributed by atoms with Crippen LogP contribution < -0.4 is 0 Å². The molecule has 0 radical (unpaired) electrons. The lowest BCUT2D eigenvalue weighted by Crippen LogP contribution is -2.35. The van der Waals surface area contributed by atoms with Crippen molar-refractivity contribution in [3.05, 3.63) is 34.7 Å². The molecule has 2 aromatic heterocycles. The van der Waals surface area contributed by atoms with Crippen molar-refractivity contribution in [3.63, 3.8) is 0 Å². The van der Waals surface area contributed by atoms with Crippen molar-refractivity contribution in [2.75, 3.05) is 13.6 Å². The van der Waals surface area contributed by atoms with E-state index in [9.17, 15) is 23.1 Å². The van der Waals surface area contributed by atoms with E-state index in [1.807, 2.05) is 0 Å². The Kier molecular flexibility index (Phi) is 3.80. The maximum Gasteiger partial charge on any atom is 0.416 e. The molecule has 0 unspecified atom stereocenters. The molecule has 1 N–H and O–H groups in total.